The molecule has 3 rings (SSSR count). The van der Waals surface area contributed by atoms with Crippen molar-refractivity contribution in [3.05, 3.63) is 65.8 Å². The Morgan fingerprint density at radius 2 is 1.84 bits per heavy atom. The van der Waals surface area contributed by atoms with Gasteiger partial charge >= 0.3 is 0 Å². The molecule has 0 spiro atoms. The van der Waals surface area contributed by atoms with Crippen molar-refractivity contribution in [3.8, 4) is 11.4 Å². The van der Waals surface area contributed by atoms with E-state index in [2.05, 4.69) is 15.5 Å². The minimum absolute atomic E-state index is 0.138. The molecule has 7 heteroatoms. The van der Waals surface area contributed by atoms with Gasteiger partial charge in [0.2, 0.25) is 11.7 Å². The van der Waals surface area contributed by atoms with Crippen LogP contribution >= 0.6 is 11.6 Å². The first-order valence-electron chi connectivity index (χ1n) is 7.36. The van der Waals surface area contributed by atoms with Gasteiger partial charge in [-0.05, 0) is 48.0 Å². The Kier molecular flexibility index (Phi) is 4.90. The Hall–Kier alpha value is -2.99. The predicted molar refractivity (Wildman–Crippen MR) is 94.2 cm³/mol. The van der Waals surface area contributed by atoms with E-state index in [-0.39, 0.29) is 22.6 Å². The maximum atomic E-state index is 13.0. The van der Waals surface area contributed by atoms with E-state index in [9.17, 15) is 9.18 Å². The standard InChI is InChI=1S/C18H13ClFN3O2/c1-11(24)21-15-8-2-12(3-9-15)10-16(19)18-22-17(23-25-18)13-4-6-14(20)7-5-13/h2-10H,1H3,(H,21,24)/b16-10-. The summed E-state index contributed by atoms with van der Waals surface area (Å²) >= 11 is 6.23. The second kappa shape index (κ2) is 7.27. The van der Waals surface area contributed by atoms with Crippen LogP contribution in [0.15, 0.2) is 53.1 Å². The molecule has 0 saturated carbocycles. The van der Waals surface area contributed by atoms with E-state index >= 15 is 0 Å². The smallest absolute Gasteiger partial charge is 0.269 e. The van der Waals surface area contributed by atoms with Gasteiger partial charge < -0.3 is 9.84 Å². The van der Waals surface area contributed by atoms with Crippen LogP contribution in [0.5, 0.6) is 0 Å². The van der Waals surface area contributed by atoms with Gasteiger partial charge in [0.25, 0.3) is 5.89 Å². The van der Waals surface area contributed by atoms with Crippen molar-refractivity contribution in [1.82, 2.24) is 10.1 Å². The Labute approximate surface area is 148 Å². The lowest BCUT2D eigenvalue weighted by Crippen LogP contribution is -2.05. The maximum Gasteiger partial charge on any atom is 0.269 e. The van der Waals surface area contributed by atoms with Gasteiger partial charge in [0, 0.05) is 18.2 Å². The molecule has 1 heterocycles. The van der Waals surface area contributed by atoms with Crippen LogP contribution in [0.1, 0.15) is 18.4 Å². The SMILES string of the molecule is CC(=O)Nc1ccc(/C=C(\Cl)c2nc(-c3ccc(F)cc3)no2)cc1. The third-order valence-corrected chi connectivity index (χ3v) is 3.53. The number of halogens is 2. The van der Waals surface area contributed by atoms with Gasteiger partial charge in [0.1, 0.15) is 10.8 Å². The zero-order valence-corrected chi connectivity index (χ0v) is 13.9. The van der Waals surface area contributed by atoms with Gasteiger partial charge in [0.05, 0.1) is 0 Å². The molecule has 25 heavy (non-hydrogen) atoms. The molecule has 126 valence electrons. The number of hydrogen-bond donors (Lipinski definition) is 1. The van der Waals surface area contributed by atoms with Gasteiger partial charge in [-0.25, -0.2) is 4.39 Å². The first kappa shape index (κ1) is 16.9. The highest BCUT2D eigenvalue weighted by Crippen LogP contribution is 2.24. The highest BCUT2D eigenvalue weighted by molar-refractivity contribution is 6.50. The number of hydrogen-bond acceptors (Lipinski definition) is 4. The van der Waals surface area contributed by atoms with Gasteiger partial charge in [-0.3, -0.25) is 4.79 Å². The summed E-state index contributed by atoms with van der Waals surface area (Å²) in [5.41, 5.74) is 2.12. The fourth-order valence-corrected chi connectivity index (χ4v) is 2.31. The van der Waals surface area contributed by atoms with Gasteiger partial charge in [-0.1, -0.05) is 28.9 Å². The molecule has 0 aliphatic carbocycles. The van der Waals surface area contributed by atoms with Gasteiger partial charge in [-0.2, -0.15) is 4.98 Å². The summed E-state index contributed by atoms with van der Waals surface area (Å²) in [7, 11) is 0. The highest BCUT2D eigenvalue weighted by Gasteiger charge is 2.11. The van der Waals surface area contributed by atoms with Gasteiger partial charge in [0.15, 0.2) is 0 Å². The third-order valence-electron chi connectivity index (χ3n) is 3.26. The van der Waals surface area contributed by atoms with Crippen LogP contribution in [-0.4, -0.2) is 16.0 Å². The van der Waals surface area contributed by atoms with E-state index in [1.165, 1.54) is 19.1 Å². The molecule has 0 fully saturated rings. The van der Waals surface area contributed by atoms with Crippen LogP contribution < -0.4 is 5.32 Å². The van der Waals surface area contributed by atoms with Crippen molar-refractivity contribution in [2.75, 3.05) is 5.32 Å². The number of nitrogens with one attached hydrogen (secondary N) is 1. The Morgan fingerprint density at radius 3 is 2.48 bits per heavy atom. The lowest BCUT2D eigenvalue weighted by molar-refractivity contribution is -0.114. The Morgan fingerprint density at radius 1 is 1.16 bits per heavy atom. The quantitative estimate of drug-likeness (QED) is 0.742. The molecule has 0 radical (unpaired) electrons. The number of anilines is 1. The number of rotatable bonds is 4. The van der Waals surface area contributed by atoms with Crippen LogP contribution in [0.25, 0.3) is 22.5 Å². The van der Waals surface area contributed by atoms with Crippen molar-refractivity contribution in [2.24, 2.45) is 0 Å². The molecule has 0 saturated heterocycles. The molecule has 0 unspecified atom stereocenters. The minimum atomic E-state index is -0.340. The summed E-state index contributed by atoms with van der Waals surface area (Å²) in [5.74, 6) is 0.00287. The van der Waals surface area contributed by atoms with Crippen LogP contribution in [0.3, 0.4) is 0 Å². The minimum Gasteiger partial charge on any atom is -0.333 e. The molecule has 0 aliphatic heterocycles. The molecule has 1 amide bonds. The first-order chi connectivity index (χ1) is 12.0. The van der Waals surface area contributed by atoms with Crippen molar-refractivity contribution in [2.45, 2.75) is 6.92 Å². The molecule has 1 aromatic heterocycles. The summed E-state index contributed by atoms with van der Waals surface area (Å²) in [5, 5.41) is 6.80. The van der Waals surface area contributed by atoms with Crippen molar-refractivity contribution in [1.29, 1.82) is 0 Å². The van der Waals surface area contributed by atoms with E-state index in [1.807, 2.05) is 0 Å². The molecule has 0 aliphatic rings. The zero-order chi connectivity index (χ0) is 17.8. The first-order valence-corrected chi connectivity index (χ1v) is 7.74. The number of carbonyl (C=O) groups is 1. The van der Waals surface area contributed by atoms with Gasteiger partial charge in [-0.15, -0.1) is 0 Å². The summed E-state index contributed by atoms with van der Waals surface area (Å²) < 4.78 is 18.1. The molecule has 1 N–H and O–H groups in total. The predicted octanol–water partition coefficient (Wildman–Crippen LogP) is 4.57. The monoisotopic (exact) mass is 357 g/mol. The molecular formula is C18H13ClFN3O2. The van der Waals surface area contributed by atoms with E-state index in [1.54, 1.807) is 42.5 Å². The largest absolute Gasteiger partial charge is 0.333 e. The second-order valence-electron chi connectivity index (χ2n) is 5.23. The van der Waals surface area contributed by atoms with E-state index in [0.29, 0.717) is 17.1 Å². The Balaban J connectivity index is 1.78. The summed E-state index contributed by atoms with van der Waals surface area (Å²) in [4.78, 5) is 15.2. The third kappa shape index (κ3) is 4.30. The maximum absolute atomic E-state index is 13.0. The van der Waals surface area contributed by atoms with Crippen molar-refractivity contribution < 1.29 is 13.7 Å². The molecule has 0 atom stereocenters. The van der Waals surface area contributed by atoms with E-state index in [0.717, 1.165) is 5.56 Å². The molecule has 5 nitrogen and oxygen atoms in total. The van der Waals surface area contributed by atoms with Crippen LogP contribution in [0.2, 0.25) is 0 Å². The number of amides is 1. The number of aromatic nitrogens is 2. The lowest BCUT2D eigenvalue weighted by atomic mass is 10.2. The topological polar surface area (TPSA) is 68.0 Å². The average molecular weight is 358 g/mol. The summed E-state index contributed by atoms with van der Waals surface area (Å²) in [6, 6.07) is 12.9. The summed E-state index contributed by atoms with van der Waals surface area (Å²) in [6.07, 6.45) is 1.67. The normalized spacial score (nSPS) is 11.4. The number of benzene rings is 2. The molecule has 0 bridgehead atoms. The fraction of sp³-hybridized carbons (Fsp3) is 0.0556. The van der Waals surface area contributed by atoms with Crippen LogP contribution in [0, 0.1) is 5.82 Å². The summed E-state index contributed by atoms with van der Waals surface area (Å²) in [6.45, 7) is 1.44. The van der Waals surface area contributed by atoms with Crippen LogP contribution in [0.4, 0.5) is 10.1 Å². The molecule has 3 aromatic rings. The lowest BCUT2D eigenvalue weighted by Gasteiger charge is -2.01. The average Bonchev–Trinajstić information content (AvgIpc) is 3.07. The number of carbonyl (C=O) groups excluding carboxylic acids is 1. The zero-order valence-electron chi connectivity index (χ0n) is 13.2. The van der Waals surface area contributed by atoms with E-state index < -0.39 is 0 Å². The van der Waals surface area contributed by atoms with Crippen molar-refractivity contribution >= 4 is 34.3 Å². The Bertz CT molecular complexity index is 918. The fourth-order valence-electron chi connectivity index (χ4n) is 2.11. The second-order valence-corrected chi connectivity index (χ2v) is 5.63. The molecule has 2 aromatic carbocycles. The van der Waals surface area contributed by atoms with Crippen molar-refractivity contribution in [3.63, 3.8) is 0 Å². The van der Waals surface area contributed by atoms with Crippen LogP contribution in [-0.2, 0) is 4.79 Å². The number of nitrogens with zero attached hydrogens (tertiary/aromatic N) is 2. The molecular weight excluding hydrogens is 345 g/mol. The van der Waals surface area contributed by atoms with E-state index in [4.69, 9.17) is 16.1 Å². The highest BCUT2D eigenvalue weighted by atomic mass is 35.5.